The largest absolute Gasteiger partial charge is 0.495 e. The number of nitrogens with zero attached hydrogens (tertiary/aromatic N) is 2. The normalized spacial score (nSPS) is 20.8. The summed E-state index contributed by atoms with van der Waals surface area (Å²) in [7, 11) is -0.344. The van der Waals surface area contributed by atoms with Gasteiger partial charge in [0.05, 0.1) is 17.8 Å². The number of rotatable bonds is 5. The van der Waals surface area contributed by atoms with Gasteiger partial charge < -0.3 is 23.8 Å². The maximum Gasteiger partial charge on any atom is 0.495 e. The maximum absolute atomic E-state index is 12.1. The molecule has 1 aromatic carbocycles. The number of carbonyl (C=O) groups excluding carboxylic acids is 1. The Morgan fingerprint density at radius 1 is 1.10 bits per heavy atom. The zero-order valence-electron chi connectivity index (χ0n) is 18.8. The number of amides is 1. The van der Waals surface area contributed by atoms with Gasteiger partial charge in [0.25, 0.3) is 0 Å². The second kappa shape index (κ2) is 8.56. The Morgan fingerprint density at radius 2 is 1.72 bits per heavy atom. The number of piperazine rings is 1. The molecule has 6 nitrogen and oxygen atoms in total. The van der Waals surface area contributed by atoms with Crippen LogP contribution in [-0.2, 0) is 14.0 Å². The summed E-state index contributed by atoms with van der Waals surface area (Å²) in [6.45, 7) is 16.0. The minimum Gasteiger partial charge on any atom is -0.449 e. The first-order chi connectivity index (χ1) is 13.6. The van der Waals surface area contributed by atoms with E-state index in [1.807, 2.05) is 0 Å². The molecular weight excluding hydrogens is 367 g/mol. The topological polar surface area (TPSA) is 51.2 Å². The molecule has 0 saturated carbocycles. The first-order valence-corrected chi connectivity index (χ1v) is 10.8. The molecule has 7 heteroatoms. The third-order valence-corrected chi connectivity index (χ3v) is 6.39. The Bertz CT molecular complexity index is 714. The second-order valence-corrected chi connectivity index (χ2v) is 9.07. The first-order valence-electron chi connectivity index (χ1n) is 10.8. The molecule has 0 atom stereocenters. The summed E-state index contributed by atoms with van der Waals surface area (Å²) in [4.78, 5) is 16.2. The van der Waals surface area contributed by atoms with Crippen molar-refractivity contribution in [1.82, 2.24) is 4.90 Å². The van der Waals surface area contributed by atoms with Gasteiger partial charge in [0.2, 0.25) is 0 Å². The van der Waals surface area contributed by atoms with Gasteiger partial charge in [0.15, 0.2) is 0 Å². The Kier molecular flexibility index (Phi) is 6.49. The van der Waals surface area contributed by atoms with E-state index in [-0.39, 0.29) is 24.4 Å². The van der Waals surface area contributed by atoms with E-state index in [0.717, 1.165) is 37.0 Å². The van der Waals surface area contributed by atoms with Crippen molar-refractivity contribution in [2.24, 2.45) is 0 Å². The number of carbonyl (C=O) groups is 1. The number of ether oxygens (including phenoxy) is 1. The van der Waals surface area contributed by atoms with Crippen molar-refractivity contribution in [3.05, 3.63) is 23.8 Å². The lowest BCUT2D eigenvalue weighted by Crippen LogP contribution is -2.49. The van der Waals surface area contributed by atoms with E-state index in [0.29, 0.717) is 19.7 Å². The van der Waals surface area contributed by atoms with E-state index < -0.39 is 0 Å². The highest BCUT2D eigenvalue weighted by atomic mass is 16.7. The number of benzene rings is 1. The molecule has 0 spiro atoms. The molecule has 1 aromatic rings. The van der Waals surface area contributed by atoms with Gasteiger partial charge in [-0.1, -0.05) is 19.4 Å². The van der Waals surface area contributed by atoms with E-state index in [4.69, 9.17) is 14.0 Å². The summed E-state index contributed by atoms with van der Waals surface area (Å²) in [5.41, 5.74) is 2.71. The molecule has 0 radical (unpaired) electrons. The van der Waals surface area contributed by atoms with Gasteiger partial charge in [-0.2, -0.15) is 0 Å². The predicted molar refractivity (Wildman–Crippen MR) is 117 cm³/mol. The lowest BCUT2D eigenvalue weighted by atomic mass is 9.76. The molecule has 0 bridgehead atoms. The van der Waals surface area contributed by atoms with Crippen LogP contribution >= 0.6 is 0 Å². The van der Waals surface area contributed by atoms with Crippen LogP contribution in [0.5, 0.6) is 0 Å². The fourth-order valence-corrected chi connectivity index (χ4v) is 3.63. The molecule has 2 fully saturated rings. The van der Waals surface area contributed by atoms with Gasteiger partial charge in [0, 0.05) is 31.9 Å². The standard InChI is InChI=1S/C22H35BN2O4/c1-7-8-15-27-20(26)25-13-11-24(12-14-25)18-9-10-19(17(2)16-18)23-28-21(3,4)22(5,6)29-23/h9-10,16H,7-8,11-15H2,1-6H3. The Labute approximate surface area is 175 Å². The number of hydrogen-bond acceptors (Lipinski definition) is 5. The van der Waals surface area contributed by atoms with E-state index in [1.54, 1.807) is 4.90 Å². The van der Waals surface area contributed by atoms with Crippen molar-refractivity contribution in [2.45, 2.75) is 65.6 Å². The van der Waals surface area contributed by atoms with Crippen LogP contribution < -0.4 is 10.4 Å². The summed E-state index contributed by atoms with van der Waals surface area (Å²) < 4.78 is 17.7. The smallest absolute Gasteiger partial charge is 0.449 e. The predicted octanol–water partition coefficient (Wildman–Crippen LogP) is 3.35. The number of anilines is 1. The van der Waals surface area contributed by atoms with Crippen LogP contribution in [0, 0.1) is 6.92 Å². The van der Waals surface area contributed by atoms with Crippen LogP contribution in [0.2, 0.25) is 0 Å². The first kappa shape index (κ1) is 22.0. The van der Waals surface area contributed by atoms with Crippen molar-refractivity contribution in [3.8, 4) is 0 Å². The SMILES string of the molecule is CCCCOC(=O)N1CCN(c2ccc(B3OC(C)(C)C(C)(C)O3)c(C)c2)CC1. The van der Waals surface area contributed by atoms with Gasteiger partial charge in [-0.25, -0.2) is 4.79 Å². The van der Waals surface area contributed by atoms with E-state index in [9.17, 15) is 4.79 Å². The van der Waals surface area contributed by atoms with Crippen LogP contribution in [0.15, 0.2) is 18.2 Å². The van der Waals surface area contributed by atoms with Crippen LogP contribution in [0.25, 0.3) is 0 Å². The summed E-state index contributed by atoms with van der Waals surface area (Å²) in [6.07, 6.45) is 1.76. The lowest BCUT2D eigenvalue weighted by molar-refractivity contribution is 0.00578. The van der Waals surface area contributed by atoms with Crippen molar-refractivity contribution in [1.29, 1.82) is 0 Å². The zero-order chi connectivity index (χ0) is 21.2. The molecule has 0 N–H and O–H groups in total. The van der Waals surface area contributed by atoms with Crippen LogP contribution in [0.1, 0.15) is 53.0 Å². The molecule has 3 rings (SSSR count). The molecule has 2 saturated heterocycles. The van der Waals surface area contributed by atoms with Crippen molar-refractivity contribution in [3.63, 3.8) is 0 Å². The average Bonchev–Trinajstić information content (AvgIpc) is 2.89. The summed E-state index contributed by atoms with van der Waals surface area (Å²) >= 11 is 0. The number of hydrogen-bond donors (Lipinski definition) is 0. The molecule has 0 unspecified atom stereocenters. The van der Waals surface area contributed by atoms with Crippen molar-refractivity contribution >= 4 is 24.4 Å². The summed E-state index contributed by atoms with van der Waals surface area (Å²) in [6, 6.07) is 6.43. The molecule has 2 aliphatic heterocycles. The van der Waals surface area contributed by atoms with E-state index in [1.165, 1.54) is 5.69 Å². The lowest BCUT2D eigenvalue weighted by Gasteiger charge is -2.35. The Hall–Kier alpha value is -1.73. The Balaban J connectivity index is 1.60. The van der Waals surface area contributed by atoms with Gasteiger partial charge in [-0.05, 0) is 64.2 Å². The molecule has 0 aromatic heterocycles. The second-order valence-electron chi connectivity index (χ2n) is 9.07. The van der Waals surface area contributed by atoms with E-state index >= 15 is 0 Å². The molecule has 1 amide bonds. The van der Waals surface area contributed by atoms with Gasteiger partial charge in [-0.3, -0.25) is 0 Å². The number of aryl methyl sites for hydroxylation is 1. The minimum absolute atomic E-state index is 0.189. The van der Waals surface area contributed by atoms with Gasteiger partial charge in [0.1, 0.15) is 0 Å². The monoisotopic (exact) mass is 402 g/mol. The minimum atomic E-state index is -0.344. The molecule has 2 aliphatic rings. The van der Waals surface area contributed by atoms with Crippen molar-refractivity contribution < 1.29 is 18.8 Å². The quantitative estimate of drug-likeness (QED) is 0.559. The molecule has 29 heavy (non-hydrogen) atoms. The third kappa shape index (κ3) is 4.72. The van der Waals surface area contributed by atoms with Crippen LogP contribution in [0.3, 0.4) is 0 Å². The molecule has 2 heterocycles. The average molecular weight is 402 g/mol. The fourth-order valence-electron chi connectivity index (χ4n) is 3.63. The summed E-state index contributed by atoms with van der Waals surface area (Å²) in [5.74, 6) is 0. The molecule has 0 aliphatic carbocycles. The highest BCUT2D eigenvalue weighted by Crippen LogP contribution is 2.36. The highest BCUT2D eigenvalue weighted by Gasteiger charge is 2.52. The van der Waals surface area contributed by atoms with Crippen LogP contribution in [0.4, 0.5) is 10.5 Å². The van der Waals surface area contributed by atoms with Crippen molar-refractivity contribution in [2.75, 3.05) is 37.7 Å². The van der Waals surface area contributed by atoms with Crippen LogP contribution in [-0.4, -0.2) is 62.1 Å². The molecular formula is C22H35BN2O4. The molecule has 160 valence electrons. The number of unbranched alkanes of at least 4 members (excludes halogenated alkanes) is 1. The third-order valence-electron chi connectivity index (χ3n) is 6.39. The maximum atomic E-state index is 12.1. The van der Waals surface area contributed by atoms with E-state index in [2.05, 4.69) is 64.6 Å². The van der Waals surface area contributed by atoms with Gasteiger partial charge in [-0.15, -0.1) is 0 Å². The summed E-state index contributed by atoms with van der Waals surface area (Å²) in [5, 5.41) is 0. The van der Waals surface area contributed by atoms with Gasteiger partial charge >= 0.3 is 13.2 Å². The zero-order valence-corrected chi connectivity index (χ0v) is 18.8. The Morgan fingerprint density at radius 3 is 2.28 bits per heavy atom. The highest BCUT2D eigenvalue weighted by molar-refractivity contribution is 6.62. The fraction of sp³-hybridized carbons (Fsp3) is 0.682.